The minimum atomic E-state index is 0.872. The van der Waals surface area contributed by atoms with Crippen LogP contribution in [0.2, 0.25) is 0 Å². The number of aromatic nitrogens is 1. The van der Waals surface area contributed by atoms with Crippen LogP contribution in [0.5, 0.6) is 0 Å². The number of nitrogens with zero attached hydrogens (tertiary/aromatic N) is 3. The molecule has 15 aromatic rings. The van der Waals surface area contributed by atoms with Gasteiger partial charge in [0.05, 0.1) is 27.1 Å². The molecule has 6 aromatic heterocycles. The summed E-state index contributed by atoms with van der Waals surface area (Å²) in [5.41, 5.74) is 14.7. The molecular weight excluding hydrogens is 875 g/mol. The predicted octanol–water partition coefficient (Wildman–Crippen LogP) is 19.1. The molecule has 4 nitrogen and oxygen atoms in total. The Morgan fingerprint density at radius 1 is 0.373 bits per heavy atom. The van der Waals surface area contributed by atoms with Crippen LogP contribution in [-0.2, 0) is 0 Å². The van der Waals surface area contributed by atoms with Gasteiger partial charge in [0, 0.05) is 95.4 Å². The average Bonchev–Trinajstić information content (AvgIpc) is 4.21. The van der Waals surface area contributed by atoms with Crippen LogP contribution in [0.15, 0.2) is 192 Å². The van der Waals surface area contributed by atoms with E-state index in [2.05, 4.69) is 216 Å². The van der Waals surface area contributed by atoms with Crippen LogP contribution in [-0.4, -0.2) is 4.40 Å². The average molecular weight is 912 g/mol. The van der Waals surface area contributed by atoms with E-state index in [-0.39, 0.29) is 0 Å². The summed E-state index contributed by atoms with van der Waals surface area (Å²) in [6.45, 7) is 4.30. The quantitative estimate of drug-likeness (QED) is 0.166. The molecule has 0 atom stereocenters. The van der Waals surface area contributed by atoms with E-state index in [1.165, 1.54) is 88.4 Å². The van der Waals surface area contributed by atoms with Crippen molar-refractivity contribution in [3.8, 4) is 0 Å². The van der Waals surface area contributed by atoms with Crippen LogP contribution >= 0.6 is 34.0 Å². The van der Waals surface area contributed by atoms with E-state index in [1.807, 2.05) is 34.0 Å². The van der Waals surface area contributed by atoms with E-state index in [9.17, 15) is 0 Å². The van der Waals surface area contributed by atoms with Gasteiger partial charge in [-0.05, 0) is 111 Å². The van der Waals surface area contributed by atoms with Crippen LogP contribution in [0.25, 0.3) is 99.0 Å². The number of benzene rings is 9. The van der Waals surface area contributed by atoms with Gasteiger partial charge >= 0.3 is 0 Å². The summed E-state index contributed by atoms with van der Waals surface area (Å²) < 4.78 is 17.3. The fourth-order valence-corrected chi connectivity index (χ4v) is 14.3. The highest BCUT2D eigenvalue weighted by molar-refractivity contribution is 7.27. The van der Waals surface area contributed by atoms with Gasteiger partial charge in [-0.25, -0.2) is 0 Å². The van der Waals surface area contributed by atoms with Gasteiger partial charge in [-0.1, -0.05) is 96.1 Å². The first kappa shape index (κ1) is 37.5. The van der Waals surface area contributed by atoms with E-state index >= 15 is 0 Å². The minimum Gasteiger partial charge on any atom is -0.454 e. The Hall–Kier alpha value is -7.68. The molecule has 0 spiro atoms. The molecule has 0 radical (unpaired) electrons. The standard InChI is InChI=1S/C60H37N3OS3/c1-34-20-24-36(25-21-34)61(46-14-8-18-51-54(46)41-10-3-5-16-49(41)65-51)38-28-30-40-48(32-38)64-59-44-12-7-13-45-56(44)63(57(40)59)58-43-31-29-39(33-53(43)67-60(45)58)62(37-26-22-35(2)23-27-37)47-15-9-19-52-55(47)42-11-4-6-17-50(42)66-52/h3-33H,1-2H3. The molecule has 0 bridgehead atoms. The summed E-state index contributed by atoms with van der Waals surface area (Å²) in [7, 11) is 0. The molecule has 9 aromatic carbocycles. The van der Waals surface area contributed by atoms with Gasteiger partial charge in [0.1, 0.15) is 11.1 Å². The highest BCUT2D eigenvalue weighted by Crippen LogP contribution is 2.52. The van der Waals surface area contributed by atoms with Crippen molar-refractivity contribution in [2.24, 2.45) is 0 Å². The Morgan fingerprint density at radius 2 is 0.881 bits per heavy atom. The van der Waals surface area contributed by atoms with Crippen molar-refractivity contribution in [2.75, 3.05) is 9.80 Å². The first-order chi connectivity index (χ1) is 33.0. The number of furan rings is 1. The molecule has 0 aliphatic rings. The highest BCUT2D eigenvalue weighted by atomic mass is 32.1. The zero-order valence-electron chi connectivity index (χ0n) is 36.4. The number of rotatable bonds is 6. The molecule has 316 valence electrons. The third-order valence-electron chi connectivity index (χ3n) is 13.8. The summed E-state index contributed by atoms with van der Waals surface area (Å²) in [4.78, 5) is 4.85. The Balaban J connectivity index is 0.938. The van der Waals surface area contributed by atoms with Crippen molar-refractivity contribution in [1.82, 2.24) is 4.40 Å². The van der Waals surface area contributed by atoms with E-state index in [1.54, 1.807) is 0 Å². The normalized spacial score (nSPS) is 12.3. The fraction of sp³-hybridized carbons (Fsp3) is 0.0333. The lowest BCUT2D eigenvalue weighted by Gasteiger charge is -2.26. The Bertz CT molecular complexity index is 4210. The molecule has 0 unspecified atom stereocenters. The summed E-state index contributed by atoms with van der Waals surface area (Å²) in [6, 6.07) is 69.4. The lowest BCUT2D eigenvalue weighted by atomic mass is 10.1. The first-order valence-electron chi connectivity index (χ1n) is 22.7. The van der Waals surface area contributed by atoms with Gasteiger partial charge in [-0.3, -0.25) is 0 Å². The van der Waals surface area contributed by atoms with Crippen molar-refractivity contribution in [3.05, 3.63) is 199 Å². The highest BCUT2D eigenvalue weighted by Gasteiger charge is 2.27. The van der Waals surface area contributed by atoms with Crippen LogP contribution in [0.1, 0.15) is 11.1 Å². The van der Waals surface area contributed by atoms with Crippen LogP contribution in [0, 0.1) is 13.8 Å². The molecule has 0 saturated heterocycles. The molecule has 7 heteroatoms. The lowest BCUT2D eigenvalue weighted by molar-refractivity contribution is 0.673. The number of para-hydroxylation sites is 1. The number of hydrogen-bond acceptors (Lipinski definition) is 6. The van der Waals surface area contributed by atoms with Crippen LogP contribution in [0.4, 0.5) is 34.1 Å². The number of thiophene rings is 3. The van der Waals surface area contributed by atoms with Gasteiger partial charge < -0.3 is 18.6 Å². The summed E-state index contributed by atoms with van der Waals surface area (Å²) in [6.07, 6.45) is 0. The molecule has 15 rings (SSSR count). The maximum absolute atomic E-state index is 7.07. The summed E-state index contributed by atoms with van der Waals surface area (Å²) in [5.74, 6) is 0. The Kier molecular flexibility index (Phi) is 7.80. The van der Waals surface area contributed by atoms with Crippen LogP contribution < -0.4 is 9.80 Å². The second kappa shape index (κ2) is 13.9. The van der Waals surface area contributed by atoms with Crippen molar-refractivity contribution >= 4 is 167 Å². The number of fused-ring (bicyclic) bond motifs is 16. The molecule has 0 aliphatic heterocycles. The molecule has 67 heavy (non-hydrogen) atoms. The second-order valence-electron chi connectivity index (χ2n) is 17.8. The van der Waals surface area contributed by atoms with Gasteiger partial charge in [0.25, 0.3) is 0 Å². The smallest absolute Gasteiger partial charge is 0.161 e. The monoisotopic (exact) mass is 911 g/mol. The Morgan fingerprint density at radius 3 is 1.51 bits per heavy atom. The third kappa shape index (κ3) is 5.33. The summed E-state index contributed by atoms with van der Waals surface area (Å²) in [5, 5.41) is 9.88. The maximum atomic E-state index is 7.07. The minimum absolute atomic E-state index is 0.872. The summed E-state index contributed by atoms with van der Waals surface area (Å²) >= 11 is 5.61. The van der Waals surface area contributed by atoms with Crippen molar-refractivity contribution < 1.29 is 4.42 Å². The molecular formula is C60H37N3OS3. The van der Waals surface area contributed by atoms with Gasteiger partial charge in [0.15, 0.2) is 5.58 Å². The van der Waals surface area contributed by atoms with Gasteiger partial charge in [-0.15, -0.1) is 34.0 Å². The van der Waals surface area contributed by atoms with Gasteiger partial charge in [-0.2, -0.15) is 0 Å². The van der Waals surface area contributed by atoms with Gasteiger partial charge in [0.2, 0.25) is 0 Å². The van der Waals surface area contributed by atoms with E-state index in [4.69, 9.17) is 4.42 Å². The first-order valence-corrected chi connectivity index (χ1v) is 25.1. The van der Waals surface area contributed by atoms with E-state index in [0.29, 0.717) is 0 Å². The largest absolute Gasteiger partial charge is 0.454 e. The maximum Gasteiger partial charge on any atom is 0.161 e. The van der Waals surface area contributed by atoms with Crippen LogP contribution in [0.3, 0.4) is 0 Å². The molecule has 0 amide bonds. The molecule has 0 N–H and O–H groups in total. The Labute approximate surface area is 396 Å². The fourth-order valence-electron chi connectivity index (χ4n) is 10.8. The molecule has 0 saturated carbocycles. The zero-order valence-corrected chi connectivity index (χ0v) is 38.8. The molecule has 0 aliphatic carbocycles. The van der Waals surface area contributed by atoms with E-state index in [0.717, 1.165) is 55.9 Å². The number of aryl methyl sites for hydroxylation is 2. The predicted molar refractivity (Wildman–Crippen MR) is 291 cm³/mol. The third-order valence-corrected chi connectivity index (χ3v) is 17.3. The zero-order chi connectivity index (χ0) is 44.1. The van der Waals surface area contributed by atoms with E-state index < -0.39 is 0 Å². The second-order valence-corrected chi connectivity index (χ2v) is 21.0. The molecule has 6 heterocycles. The molecule has 0 fully saturated rings. The number of anilines is 6. The number of hydrogen-bond donors (Lipinski definition) is 0. The topological polar surface area (TPSA) is 24.0 Å². The van der Waals surface area contributed by atoms with Crippen molar-refractivity contribution in [1.29, 1.82) is 0 Å². The van der Waals surface area contributed by atoms with Crippen molar-refractivity contribution in [2.45, 2.75) is 13.8 Å². The van der Waals surface area contributed by atoms with Crippen molar-refractivity contribution in [3.63, 3.8) is 0 Å². The SMILES string of the molecule is Cc1ccc(N(c2ccc3c(c2)oc2c4cccc5c6sc7cc(N(c8ccc(C)cc8)c8cccc9sc%10ccccc%10c89)ccc7c6n(c45)c32)c2cccc3sc4ccccc4c23)cc1. The lowest BCUT2D eigenvalue weighted by Crippen LogP contribution is -2.10.